The first-order valence-corrected chi connectivity index (χ1v) is 5.77. The molecule has 0 aromatic carbocycles. The Morgan fingerprint density at radius 3 is 2.65 bits per heavy atom. The zero-order valence-electron chi connectivity index (χ0n) is 10.1. The Labute approximate surface area is 99.0 Å². The van der Waals surface area contributed by atoms with Gasteiger partial charge in [0, 0.05) is 25.7 Å². The molecule has 0 aliphatic heterocycles. The number of anilines is 1. The standard InChI is InChI=1S/C11H18F3N3/c1-3-15-10-16-9(2)8-17(10)7-5-4-6-11(12,13)14/h8H,3-7H2,1-2H3,(H,15,16). The summed E-state index contributed by atoms with van der Waals surface area (Å²) in [7, 11) is 0. The van der Waals surface area contributed by atoms with Crippen LogP contribution in [0.3, 0.4) is 0 Å². The third-order valence-corrected chi connectivity index (χ3v) is 2.34. The molecule has 0 radical (unpaired) electrons. The zero-order chi connectivity index (χ0) is 12.9. The number of halogens is 3. The molecule has 0 aliphatic rings. The van der Waals surface area contributed by atoms with Crippen molar-refractivity contribution in [2.75, 3.05) is 11.9 Å². The minimum absolute atomic E-state index is 0.159. The van der Waals surface area contributed by atoms with Gasteiger partial charge in [0.25, 0.3) is 0 Å². The van der Waals surface area contributed by atoms with Crippen LogP contribution in [0.4, 0.5) is 19.1 Å². The van der Waals surface area contributed by atoms with Crippen LogP contribution in [-0.2, 0) is 6.54 Å². The molecule has 1 N–H and O–H groups in total. The van der Waals surface area contributed by atoms with Gasteiger partial charge in [-0.25, -0.2) is 4.98 Å². The fourth-order valence-corrected chi connectivity index (χ4v) is 1.62. The van der Waals surface area contributed by atoms with Crippen molar-refractivity contribution >= 4 is 5.95 Å². The molecule has 0 atom stereocenters. The van der Waals surface area contributed by atoms with Crippen LogP contribution in [-0.4, -0.2) is 22.3 Å². The highest BCUT2D eigenvalue weighted by molar-refractivity contribution is 5.28. The molecule has 0 bridgehead atoms. The van der Waals surface area contributed by atoms with Crippen molar-refractivity contribution in [3.05, 3.63) is 11.9 Å². The van der Waals surface area contributed by atoms with E-state index in [0.29, 0.717) is 13.0 Å². The molecule has 0 aliphatic carbocycles. The summed E-state index contributed by atoms with van der Waals surface area (Å²) in [6, 6.07) is 0. The normalized spacial score (nSPS) is 11.8. The molecule has 1 rings (SSSR count). The Hall–Kier alpha value is -1.20. The van der Waals surface area contributed by atoms with Crippen molar-refractivity contribution in [1.29, 1.82) is 0 Å². The van der Waals surface area contributed by atoms with Crippen molar-refractivity contribution in [3.8, 4) is 0 Å². The maximum atomic E-state index is 12.0. The lowest BCUT2D eigenvalue weighted by Gasteiger charge is -2.09. The number of nitrogens with one attached hydrogen (secondary N) is 1. The average molecular weight is 249 g/mol. The number of hydrogen-bond donors (Lipinski definition) is 1. The van der Waals surface area contributed by atoms with Gasteiger partial charge in [-0.1, -0.05) is 0 Å². The Kier molecular flexibility index (Phi) is 4.84. The lowest BCUT2D eigenvalue weighted by atomic mass is 10.2. The van der Waals surface area contributed by atoms with E-state index in [1.807, 2.05) is 24.6 Å². The van der Waals surface area contributed by atoms with E-state index in [4.69, 9.17) is 0 Å². The average Bonchev–Trinajstić information content (AvgIpc) is 2.53. The molecule has 1 heterocycles. The van der Waals surface area contributed by atoms with Gasteiger partial charge in [-0.2, -0.15) is 13.2 Å². The highest BCUT2D eigenvalue weighted by Crippen LogP contribution is 2.22. The first-order chi connectivity index (χ1) is 7.92. The predicted octanol–water partition coefficient (Wildman–Crippen LogP) is 3.36. The lowest BCUT2D eigenvalue weighted by Crippen LogP contribution is -2.09. The van der Waals surface area contributed by atoms with Crippen LogP contribution >= 0.6 is 0 Å². The van der Waals surface area contributed by atoms with E-state index in [0.717, 1.165) is 18.2 Å². The molecule has 0 spiro atoms. The lowest BCUT2D eigenvalue weighted by molar-refractivity contribution is -0.135. The number of nitrogens with zero attached hydrogens (tertiary/aromatic N) is 2. The number of rotatable bonds is 6. The fourth-order valence-electron chi connectivity index (χ4n) is 1.62. The van der Waals surface area contributed by atoms with Gasteiger partial charge in [-0.05, 0) is 26.7 Å². The molecule has 1 aromatic heterocycles. The second kappa shape index (κ2) is 5.93. The third-order valence-electron chi connectivity index (χ3n) is 2.34. The van der Waals surface area contributed by atoms with E-state index in [9.17, 15) is 13.2 Å². The largest absolute Gasteiger partial charge is 0.389 e. The topological polar surface area (TPSA) is 29.9 Å². The van der Waals surface area contributed by atoms with Crippen LogP contribution in [0.25, 0.3) is 0 Å². The van der Waals surface area contributed by atoms with Gasteiger partial charge in [-0.15, -0.1) is 0 Å². The number of unbranched alkanes of at least 4 members (excludes halogenated alkanes) is 1. The second-order valence-corrected chi connectivity index (χ2v) is 4.00. The molecular formula is C11H18F3N3. The van der Waals surface area contributed by atoms with Crippen LogP contribution in [0.15, 0.2) is 6.20 Å². The molecule has 1 aromatic rings. The predicted molar refractivity (Wildman–Crippen MR) is 61.0 cm³/mol. The Morgan fingerprint density at radius 2 is 2.06 bits per heavy atom. The molecule has 0 fully saturated rings. The summed E-state index contributed by atoms with van der Waals surface area (Å²) >= 11 is 0. The maximum absolute atomic E-state index is 12.0. The second-order valence-electron chi connectivity index (χ2n) is 4.00. The molecule has 3 nitrogen and oxygen atoms in total. The van der Waals surface area contributed by atoms with Gasteiger partial charge in [0.05, 0.1) is 5.69 Å². The van der Waals surface area contributed by atoms with Gasteiger partial charge in [0.1, 0.15) is 0 Å². The van der Waals surface area contributed by atoms with Gasteiger partial charge in [0.15, 0.2) is 0 Å². The zero-order valence-corrected chi connectivity index (χ0v) is 10.1. The highest BCUT2D eigenvalue weighted by Gasteiger charge is 2.25. The quantitative estimate of drug-likeness (QED) is 0.783. The number of aryl methyl sites for hydroxylation is 2. The molecule has 98 valence electrons. The first-order valence-electron chi connectivity index (χ1n) is 5.77. The number of alkyl halides is 3. The Bertz CT molecular complexity index is 344. The van der Waals surface area contributed by atoms with Crippen LogP contribution in [0.1, 0.15) is 31.9 Å². The minimum Gasteiger partial charge on any atom is -0.356 e. The molecule has 0 amide bonds. The van der Waals surface area contributed by atoms with Gasteiger partial charge in [-0.3, -0.25) is 0 Å². The first kappa shape index (κ1) is 13.9. The van der Waals surface area contributed by atoms with Crippen molar-refractivity contribution in [2.24, 2.45) is 0 Å². The van der Waals surface area contributed by atoms with E-state index in [-0.39, 0.29) is 6.42 Å². The summed E-state index contributed by atoms with van der Waals surface area (Å²) in [6.07, 6.45) is -2.24. The summed E-state index contributed by atoms with van der Waals surface area (Å²) in [5.41, 5.74) is 0.872. The summed E-state index contributed by atoms with van der Waals surface area (Å²) in [6.45, 7) is 5.14. The summed E-state index contributed by atoms with van der Waals surface area (Å²) in [5, 5.41) is 3.08. The number of imidazole rings is 1. The van der Waals surface area contributed by atoms with Crippen LogP contribution < -0.4 is 5.32 Å². The van der Waals surface area contributed by atoms with Gasteiger partial charge >= 0.3 is 6.18 Å². The van der Waals surface area contributed by atoms with Crippen molar-refractivity contribution in [3.63, 3.8) is 0 Å². The molecule has 6 heteroatoms. The van der Waals surface area contributed by atoms with Crippen molar-refractivity contribution in [1.82, 2.24) is 9.55 Å². The van der Waals surface area contributed by atoms with E-state index in [2.05, 4.69) is 10.3 Å². The SMILES string of the molecule is CCNc1nc(C)cn1CCCCC(F)(F)F. The molecule has 0 saturated heterocycles. The van der Waals surface area contributed by atoms with E-state index in [1.54, 1.807) is 0 Å². The van der Waals surface area contributed by atoms with Gasteiger partial charge < -0.3 is 9.88 Å². The number of hydrogen-bond acceptors (Lipinski definition) is 2. The molecule has 0 unspecified atom stereocenters. The van der Waals surface area contributed by atoms with Gasteiger partial charge in [0.2, 0.25) is 5.95 Å². The summed E-state index contributed by atoms with van der Waals surface area (Å²) in [5.74, 6) is 0.733. The van der Waals surface area contributed by atoms with E-state index in [1.165, 1.54) is 0 Å². The molecular weight excluding hydrogens is 231 g/mol. The van der Waals surface area contributed by atoms with E-state index >= 15 is 0 Å². The van der Waals surface area contributed by atoms with Crippen molar-refractivity contribution in [2.45, 2.75) is 45.8 Å². The Balaban J connectivity index is 2.40. The van der Waals surface area contributed by atoms with Crippen molar-refractivity contribution < 1.29 is 13.2 Å². The maximum Gasteiger partial charge on any atom is 0.389 e. The van der Waals surface area contributed by atoms with E-state index < -0.39 is 12.6 Å². The smallest absolute Gasteiger partial charge is 0.356 e. The van der Waals surface area contributed by atoms with Crippen LogP contribution in [0.5, 0.6) is 0 Å². The molecule has 0 saturated carbocycles. The number of aromatic nitrogens is 2. The fraction of sp³-hybridized carbons (Fsp3) is 0.727. The highest BCUT2D eigenvalue weighted by atomic mass is 19.4. The third kappa shape index (κ3) is 5.10. The summed E-state index contributed by atoms with van der Waals surface area (Å²) in [4.78, 5) is 4.26. The molecule has 17 heavy (non-hydrogen) atoms. The van der Waals surface area contributed by atoms with Crippen LogP contribution in [0, 0.1) is 6.92 Å². The monoisotopic (exact) mass is 249 g/mol. The summed E-state index contributed by atoms with van der Waals surface area (Å²) < 4.78 is 37.7. The minimum atomic E-state index is -4.05. The Morgan fingerprint density at radius 1 is 1.35 bits per heavy atom. The van der Waals surface area contributed by atoms with Crippen LogP contribution in [0.2, 0.25) is 0 Å².